The molecule has 0 atom stereocenters. The average molecular weight is 569 g/mol. The Morgan fingerprint density at radius 3 is 2.51 bits per heavy atom. The molecule has 4 heterocycles. The maximum absolute atomic E-state index is 15.0. The van der Waals surface area contributed by atoms with Crippen molar-refractivity contribution in [2.75, 3.05) is 38.6 Å². The van der Waals surface area contributed by atoms with Crippen LogP contribution in [0.4, 0.5) is 24.9 Å². The van der Waals surface area contributed by atoms with E-state index in [4.69, 9.17) is 0 Å². The Kier molecular flexibility index (Phi) is 8.81. The lowest BCUT2D eigenvalue weighted by Crippen LogP contribution is -2.43. The Hall–Kier alpha value is -3.61. The van der Waals surface area contributed by atoms with Gasteiger partial charge in [0.05, 0.1) is 18.3 Å². The van der Waals surface area contributed by atoms with Crippen LogP contribution in [0, 0.1) is 11.6 Å². The average Bonchev–Trinajstić information content (AvgIpc) is 3.35. The van der Waals surface area contributed by atoms with Crippen LogP contribution in [0.5, 0.6) is 0 Å². The number of aromatic nitrogens is 5. The van der Waals surface area contributed by atoms with Crippen LogP contribution in [0.1, 0.15) is 44.1 Å². The van der Waals surface area contributed by atoms with Crippen molar-refractivity contribution >= 4 is 22.8 Å². The molecule has 3 aromatic heterocycles. The topological polar surface area (TPSA) is 95.2 Å². The van der Waals surface area contributed by atoms with Crippen molar-refractivity contribution in [3.8, 4) is 11.3 Å². The molecule has 1 saturated heterocycles. The summed E-state index contributed by atoms with van der Waals surface area (Å²) in [7, 11) is 2.06. The molecule has 4 aromatic rings. The second-order valence-corrected chi connectivity index (χ2v) is 10.7. The monoisotopic (exact) mass is 568 g/mol. The van der Waals surface area contributed by atoms with Gasteiger partial charge in [-0.1, -0.05) is 6.07 Å². The molecule has 5 rings (SSSR count). The van der Waals surface area contributed by atoms with Crippen LogP contribution >= 0.6 is 0 Å². The van der Waals surface area contributed by atoms with E-state index in [0.29, 0.717) is 23.9 Å². The van der Waals surface area contributed by atoms with Crippen LogP contribution in [0.3, 0.4) is 0 Å². The van der Waals surface area contributed by atoms with Crippen LogP contribution in [0.15, 0.2) is 36.7 Å². The van der Waals surface area contributed by atoms with Crippen molar-refractivity contribution < 1.29 is 18.3 Å². The van der Waals surface area contributed by atoms with Gasteiger partial charge in [0, 0.05) is 36.9 Å². The molecule has 2 N–H and O–H groups in total. The largest absolute Gasteiger partial charge is 0.395 e. The Morgan fingerprint density at radius 1 is 1.07 bits per heavy atom. The molecular formula is C29H35F3N8O. The normalized spacial score (nSPS) is 15.0. The summed E-state index contributed by atoms with van der Waals surface area (Å²) in [6.07, 6.45) is 4.92. The van der Waals surface area contributed by atoms with Gasteiger partial charge in [0.25, 0.3) is 0 Å². The number of pyridine rings is 1. The molecule has 41 heavy (non-hydrogen) atoms. The van der Waals surface area contributed by atoms with Crippen molar-refractivity contribution in [3.63, 3.8) is 0 Å². The Labute approximate surface area is 237 Å². The second-order valence-electron chi connectivity index (χ2n) is 10.7. The number of hydrogen-bond donors (Lipinski definition) is 2. The zero-order chi connectivity index (χ0) is 29.1. The molecule has 1 fully saturated rings. The molecular weight excluding hydrogens is 533 g/mol. The van der Waals surface area contributed by atoms with Gasteiger partial charge in [-0.15, -0.1) is 0 Å². The van der Waals surface area contributed by atoms with E-state index in [9.17, 15) is 18.3 Å². The highest BCUT2D eigenvalue weighted by Gasteiger charge is 2.23. The van der Waals surface area contributed by atoms with Gasteiger partial charge in [0.15, 0.2) is 11.6 Å². The maximum Gasteiger partial charge on any atom is 0.229 e. The molecule has 1 aromatic carbocycles. The fraction of sp³-hybridized carbons (Fsp3) is 0.448. The molecule has 9 nitrogen and oxygen atoms in total. The summed E-state index contributed by atoms with van der Waals surface area (Å²) in [6, 6.07) is 6.83. The fourth-order valence-electron chi connectivity index (χ4n) is 5.46. The summed E-state index contributed by atoms with van der Waals surface area (Å²) in [5, 5.41) is 12.2. The number of aliphatic hydroxyl groups is 1. The number of hydrogen-bond acceptors (Lipinski definition) is 8. The maximum atomic E-state index is 15.0. The third-order valence-corrected chi connectivity index (χ3v) is 7.58. The molecule has 0 amide bonds. The van der Waals surface area contributed by atoms with E-state index in [-0.39, 0.29) is 41.2 Å². The van der Waals surface area contributed by atoms with Crippen molar-refractivity contribution in [1.82, 2.24) is 34.3 Å². The van der Waals surface area contributed by atoms with Crippen LogP contribution in [0.2, 0.25) is 0 Å². The number of fused-ring (bicyclic) bond motifs is 1. The van der Waals surface area contributed by atoms with Crippen molar-refractivity contribution in [2.45, 2.75) is 52.0 Å². The third-order valence-electron chi connectivity index (χ3n) is 7.58. The predicted octanol–water partition coefficient (Wildman–Crippen LogP) is 4.85. The number of nitrogens with one attached hydrogen (secondary N) is 1. The van der Waals surface area contributed by atoms with Gasteiger partial charge >= 0.3 is 0 Å². The first-order valence-corrected chi connectivity index (χ1v) is 13.8. The zero-order valence-corrected chi connectivity index (χ0v) is 23.5. The molecule has 0 aliphatic carbocycles. The summed E-state index contributed by atoms with van der Waals surface area (Å²) < 4.78 is 45.0. The van der Waals surface area contributed by atoms with Gasteiger partial charge in [-0.05, 0) is 70.6 Å². The Morgan fingerprint density at radius 2 is 1.85 bits per heavy atom. The van der Waals surface area contributed by atoms with Crippen molar-refractivity contribution in [3.05, 3.63) is 59.7 Å². The lowest BCUT2D eigenvalue weighted by molar-refractivity contribution is 0.108. The molecule has 0 saturated carbocycles. The molecule has 0 bridgehead atoms. The third kappa shape index (κ3) is 6.34. The summed E-state index contributed by atoms with van der Waals surface area (Å²) in [5.74, 6) is -0.690. The van der Waals surface area contributed by atoms with E-state index in [2.05, 4.69) is 42.1 Å². The number of halogens is 3. The standard InChI is InChI=1S/C29H35F3N8O/c1-18(2)40-24-13-20(12-22(31)28(24)36-26(40)14-30)27-23(32)16-34-29(37-27)35-25-5-4-19(15-33-25)17-39-8-6-21(7-9-39)38(3)10-11-41/h4-5,12-13,15-16,18,21,41H,6-11,14,17H2,1-3H3,(H,33,34,35,37). The number of piperidine rings is 1. The SMILES string of the molecule is CC(C)n1c(CF)nc2c(F)cc(-c3nc(Nc4ccc(CN5CCC(N(C)CCO)CC5)cn4)ncc3F)cc21. The highest BCUT2D eigenvalue weighted by Crippen LogP contribution is 2.31. The van der Waals surface area contributed by atoms with Gasteiger partial charge in [-0.3, -0.25) is 4.90 Å². The van der Waals surface area contributed by atoms with E-state index in [0.717, 1.165) is 50.3 Å². The number of anilines is 2. The van der Waals surface area contributed by atoms with Crippen molar-refractivity contribution in [2.24, 2.45) is 0 Å². The molecule has 1 aliphatic rings. The van der Waals surface area contributed by atoms with E-state index in [1.807, 2.05) is 26.0 Å². The lowest BCUT2D eigenvalue weighted by atomic mass is 10.0. The summed E-state index contributed by atoms with van der Waals surface area (Å²) in [6.45, 7) is 6.46. The first-order valence-electron chi connectivity index (χ1n) is 13.8. The molecule has 0 unspecified atom stereocenters. The van der Waals surface area contributed by atoms with Crippen LogP contribution in [-0.4, -0.2) is 78.7 Å². The zero-order valence-electron chi connectivity index (χ0n) is 23.5. The number of imidazole rings is 1. The van der Waals surface area contributed by atoms with Crippen LogP contribution < -0.4 is 5.32 Å². The summed E-state index contributed by atoms with van der Waals surface area (Å²) in [4.78, 5) is 21.5. The summed E-state index contributed by atoms with van der Waals surface area (Å²) in [5.41, 5.74) is 1.57. The minimum Gasteiger partial charge on any atom is -0.395 e. The number of rotatable bonds is 10. The molecule has 218 valence electrons. The first-order chi connectivity index (χ1) is 19.8. The van der Waals surface area contributed by atoms with E-state index in [1.54, 1.807) is 16.8 Å². The number of nitrogens with zero attached hydrogens (tertiary/aromatic N) is 7. The summed E-state index contributed by atoms with van der Waals surface area (Å²) >= 11 is 0. The Bertz CT molecular complexity index is 1490. The number of likely N-dealkylation sites (N-methyl/N-ethyl adjacent to an activating group) is 1. The van der Waals surface area contributed by atoms with Crippen molar-refractivity contribution in [1.29, 1.82) is 0 Å². The van der Waals surface area contributed by atoms with E-state index in [1.165, 1.54) is 0 Å². The molecule has 0 radical (unpaired) electrons. The van der Waals surface area contributed by atoms with Gasteiger partial charge in [-0.25, -0.2) is 33.1 Å². The lowest BCUT2D eigenvalue weighted by Gasteiger charge is -2.36. The number of aliphatic hydroxyl groups excluding tert-OH is 1. The van der Waals surface area contributed by atoms with Gasteiger partial charge in [0.2, 0.25) is 5.95 Å². The number of likely N-dealkylation sites (tertiary alicyclic amines) is 1. The number of alkyl halides is 1. The van der Waals surface area contributed by atoms with Gasteiger partial charge in [0.1, 0.15) is 29.5 Å². The molecule has 0 spiro atoms. The Balaban J connectivity index is 1.29. The fourth-order valence-corrected chi connectivity index (χ4v) is 5.46. The van der Waals surface area contributed by atoms with Crippen LogP contribution in [-0.2, 0) is 13.2 Å². The van der Waals surface area contributed by atoms with E-state index < -0.39 is 18.3 Å². The van der Waals surface area contributed by atoms with Crippen LogP contribution in [0.25, 0.3) is 22.3 Å². The smallest absolute Gasteiger partial charge is 0.229 e. The molecule has 1 aliphatic heterocycles. The highest BCUT2D eigenvalue weighted by molar-refractivity contribution is 5.83. The van der Waals surface area contributed by atoms with Gasteiger partial charge in [-0.2, -0.15) is 0 Å². The van der Waals surface area contributed by atoms with E-state index >= 15 is 0 Å². The van der Waals surface area contributed by atoms with Gasteiger partial charge < -0.3 is 19.9 Å². The second kappa shape index (κ2) is 12.5. The minimum atomic E-state index is -0.842. The predicted molar refractivity (Wildman–Crippen MR) is 151 cm³/mol. The highest BCUT2D eigenvalue weighted by atomic mass is 19.1. The molecule has 12 heteroatoms. The minimum absolute atomic E-state index is 0.0330. The number of benzene rings is 1. The quantitative estimate of drug-likeness (QED) is 0.281. The first kappa shape index (κ1) is 28.9.